The first-order valence-electron chi connectivity index (χ1n) is 8.91. The molecule has 1 aromatic heterocycles. The highest BCUT2D eigenvalue weighted by Crippen LogP contribution is 2.12. The molecule has 1 unspecified atom stereocenters. The van der Waals surface area contributed by atoms with E-state index < -0.39 is 0 Å². The summed E-state index contributed by atoms with van der Waals surface area (Å²) in [6.07, 6.45) is 1.65. The quantitative estimate of drug-likeness (QED) is 0.857. The number of nitrogens with one attached hydrogen (secondary N) is 1. The molecule has 26 heavy (non-hydrogen) atoms. The van der Waals surface area contributed by atoms with Crippen molar-refractivity contribution in [3.63, 3.8) is 0 Å². The van der Waals surface area contributed by atoms with E-state index >= 15 is 0 Å². The van der Waals surface area contributed by atoms with E-state index in [-0.39, 0.29) is 12.0 Å². The third-order valence-electron chi connectivity index (χ3n) is 4.45. The molecule has 0 bridgehead atoms. The molecule has 1 aliphatic rings. The Bertz CT molecular complexity index is 721. The number of amides is 1. The van der Waals surface area contributed by atoms with Gasteiger partial charge in [0.25, 0.3) is 5.91 Å². The van der Waals surface area contributed by atoms with Crippen LogP contribution in [-0.4, -0.2) is 62.2 Å². The van der Waals surface area contributed by atoms with Crippen LogP contribution < -0.4 is 10.2 Å². The second-order valence-corrected chi connectivity index (χ2v) is 6.72. The van der Waals surface area contributed by atoms with Gasteiger partial charge in [-0.05, 0) is 17.7 Å². The molecule has 3 rings (SSSR count). The maximum Gasteiger partial charge on any atom is 0.270 e. The minimum absolute atomic E-state index is 0.00607. The molecule has 2 heterocycles. The molecule has 0 saturated carbocycles. The minimum Gasteiger partial charge on any atom is -0.378 e. The zero-order valence-electron chi connectivity index (χ0n) is 15.4. The maximum absolute atomic E-state index is 12.4. The molecule has 0 aliphatic carbocycles. The number of carbonyl (C=O) groups is 1. The highest BCUT2D eigenvalue weighted by molar-refractivity contribution is 5.93. The van der Waals surface area contributed by atoms with Crippen LogP contribution >= 0.6 is 0 Å². The molecule has 6 nitrogen and oxygen atoms in total. The van der Waals surface area contributed by atoms with Crippen LogP contribution in [0.25, 0.3) is 0 Å². The molecule has 1 aliphatic heterocycles. The average Bonchev–Trinajstić information content (AvgIpc) is 2.67. The first-order valence-corrected chi connectivity index (χ1v) is 8.91. The zero-order chi connectivity index (χ0) is 18.4. The lowest BCUT2D eigenvalue weighted by molar-refractivity contribution is -0.0292. The van der Waals surface area contributed by atoms with Crippen LogP contribution in [0.3, 0.4) is 0 Å². The van der Waals surface area contributed by atoms with Gasteiger partial charge >= 0.3 is 0 Å². The predicted octanol–water partition coefficient (Wildman–Crippen LogP) is 1.78. The van der Waals surface area contributed by atoms with Crippen molar-refractivity contribution in [2.75, 3.05) is 45.2 Å². The zero-order valence-corrected chi connectivity index (χ0v) is 15.4. The van der Waals surface area contributed by atoms with Gasteiger partial charge in [-0.3, -0.25) is 14.7 Å². The van der Waals surface area contributed by atoms with Crippen LogP contribution in [-0.2, 0) is 11.3 Å². The smallest absolute Gasteiger partial charge is 0.270 e. The number of rotatable bonds is 6. The van der Waals surface area contributed by atoms with Crippen molar-refractivity contribution in [1.82, 2.24) is 15.2 Å². The number of hydrogen-bond donors (Lipinski definition) is 1. The topological polar surface area (TPSA) is 57.7 Å². The summed E-state index contributed by atoms with van der Waals surface area (Å²) < 4.78 is 5.81. The number of aromatic nitrogens is 1. The monoisotopic (exact) mass is 354 g/mol. The third kappa shape index (κ3) is 5.03. The molecule has 1 fully saturated rings. The molecule has 2 aromatic rings. The number of ether oxygens (including phenoxy) is 1. The lowest BCUT2D eigenvalue weighted by Crippen LogP contribution is -2.47. The second-order valence-electron chi connectivity index (χ2n) is 6.72. The SMILES string of the molecule is CN(C)c1ccnc(C(=O)NCC2CN(Cc3ccccc3)CCO2)c1. The van der Waals surface area contributed by atoms with Crippen molar-refractivity contribution in [3.05, 3.63) is 59.9 Å². The molecule has 6 heteroatoms. The first kappa shape index (κ1) is 18.4. The summed E-state index contributed by atoms with van der Waals surface area (Å²) >= 11 is 0. The number of morpholine rings is 1. The Hall–Kier alpha value is -2.44. The van der Waals surface area contributed by atoms with Gasteiger partial charge in [-0.15, -0.1) is 0 Å². The summed E-state index contributed by atoms with van der Waals surface area (Å²) in [4.78, 5) is 20.8. The van der Waals surface area contributed by atoms with Crippen LogP contribution in [0.1, 0.15) is 16.1 Å². The van der Waals surface area contributed by atoms with Gasteiger partial charge < -0.3 is 15.0 Å². The Kier molecular flexibility index (Phi) is 6.20. The van der Waals surface area contributed by atoms with Gasteiger partial charge in [-0.2, -0.15) is 0 Å². The van der Waals surface area contributed by atoms with Gasteiger partial charge in [0.05, 0.1) is 12.7 Å². The van der Waals surface area contributed by atoms with E-state index in [1.165, 1.54) is 5.56 Å². The van der Waals surface area contributed by atoms with Crippen molar-refractivity contribution in [2.45, 2.75) is 12.6 Å². The maximum atomic E-state index is 12.4. The molecular weight excluding hydrogens is 328 g/mol. The summed E-state index contributed by atoms with van der Waals surface area (Å²) in [5.74, 6) is -0.169. The van der Waals surface area contributed by atoms with Gasteiger partial charge in [0.1, 0.15) is 5.69 Å². The molecule has 0 radical (unpaired) electrons. The number of hydrogen-bond acceptors (Lipinski definition) is 5. The second kappa shape index (κ2) is 8.78. The molecule has 1 aromatic carbocycles. The molecule has 1 saturated heterocycles. The number of pyridine rings is 1. The van der Waals surface area contributed by atoms with E-state index in [0.717, 1.165) is 25.3 Å². The molecular formula is C20H26N4O2. The van der Waals surface area contributed by atoms with Gasteiger partial charge in [-0.25, -0.2) is 0 Å². The molecule has 138 valence electrons. The highest BCUT2D eigenvalue weighted by Gasteiger charge is 2.21. The number of nitrogens with zero attached hydrogens (tertiary/aromatic N) is 3. The number of carbonyl (C=O) groups excluding carboxylic acids is 1. The van der Waals surface area contributed by atoms with Crippen LogP contribution in [0.2, 0.25) is 0 Å². The molecule has 1 amide bonds. The summed E-state index contributed by atoms with van der Waals surface area (Å²) in [7, 11) is 3.88. The van der Waals surface area contributed by atoms with Crippen LogP contribution in [0, 0.1) is 0 Å². The van der Waals surface area contributed by atoms with Gasteiger partial charge in [0.15, 0.2) is 0 Å². The van der Waals surface area contributed by atoms with Crippen LogP contribution in [0.15, 0.2) is 48.7 Å². The average molecular weight is 354 g/mol. The summed E-state index contributed by atoms with van der Waals surface area (Å²) in [6, 6.07) is 14.1. The number of benzene rings is 1. The van der Waals surface area contributed by atoms with Crippen LogP contribution in [0.5, 0.6) is 0 Å². The Morgan fingerprint density at radius 2 is 2.12 bits per heavy atom. The summed E-state index contributed by atoms with van der Waals surface area (Å²) in [5, 5.41) is 2.95. The van der Waals surface area contributed by atoms with Gasteiger partial charge in [-0.1, -0.05) is 30.3 Å². The minimum atomic E-state index is -0.169. The Labute approximate surface area is 154 Å². The standard InChI is InChI=1S/C20H26N4O2/c1-23(2)17-8-9-21-19(12-17)20(25)22-13-18-15-24(10-11-26-18)14-16-6-4-3-5-7-16/h3-9,12,18H,10-11,13-15H2,1-2H3,(H,22,25). The Morgan fingerprint density at radius 1 is 1.31 bits per heavy atom. The Balaban J connectivity index is 1.51. The normalized spacial score (nSPS) is 17.7. The number of anilines is 1. The van der Waals surface area contributed by atoms with E-state index in [0.29, 0.717) is 18.8 Å². The van der Waals surface area contributed by atoms with Crippen LogP contribution in [0.4, 0.5) is 5.69 Å². The van der Waals surface area contributed by atoms with E-state index in [1.54, 1.807) is 12.3 Å². The lowest BCUT2D eigenvalue weighted by atomic mass is 10.2. The fourth-order valence-electron chi connectivity index (χ4n) is 3.01. The van der Waals surface area contributed by atoms with Gasteiger partial charge in [0, 0.05) is 52.2 Å². The lowest BCUT2D eigenvalue weighted by Gasteiger charge is -2.33. The predicted molar refractivity (Wildman–Crippen MR) is 102 cm³/mol. The van der Waals surface area contributed by atoms with E-state index in [4.69, 9.17) is 4.74 Å². The van der Waals surface area contributed by atoms with E-state index in [9.17, 15) is 4.79 Å². The molecule has 0 spiro atoms. The fourth-order valence-corrected chi connectivity index (χ4v) is 3.01. The van der Waals surface area contributed by atoms with Gasteiger partial charge in [0.2, 0.25) is 0 Å². The Morgan fingerprint density at radius 3 is 2.88 bits per heavy atom. The van der Waals surface area contributed by atoms with Crippen molar-refractivity contribution >= 4 is 11.6 Å². The molecule has 1 atom stereocenters. The fraction of sp³-hybridized carbons (Fsp3) is 0.400. The largest absolute Gasteiger partial charge is 0.378 e. The summed E-state index contributed by atoms with van der Waals surface area (Å²) in [6.45, 7) is 3.78. The highest BCUT2D eigenvalue weighted by atomic mass is 16.5. The first-order chi connectivity index (χ1) is 12.6. The van der Waals surface area contributed by atoms with Crippen molar-refractivity contribution in [1.29, 1.82) is 0 Å². The van der Waals surface area contributed by atoms with Crippen molar-refractivity contribution < 1.29 is 9.53 Å². The van der Waals surface area contributed by atoms with E-state index in [1.807, 2.05) is 31.1 Å². The summed E-state index contributed by atoms with van der Waals surface area (Å²) in [5.41, 5.74) is 2.67. The third-order valence-corrected chi connectivity index (χ3v) is 4.45. The van der Waals surface area contributed by atoms with Crippen molar-refractivity contribution in [3.8, 4) is 0 Å². The molecule has 1 N–H and O–H groups in total. The van der Waals surface area contributed by atoms with E-state index in [2.05, 4.69) is 39.5 Å². The van der Waals surface area contributed by atoms with Crippen molar-refractivity contribution in [2.24, 2.45) is 0 Å².